The van der Waals surface area contributed by atoms with Crippen molar-refractivity contribution < 1.29 is 13.9 Å². The maximum absolute atomic E-state index is 13.1. The molecule has 2 aromatic rings. The number of rotatable bonds is 2. The molecule has 104 valence electrons. The topological polar surface area (TPSA) is 56.5 Å². The Hall–Kier alpha value is -1.70. The van der Waals surface area contributed by atoms with Gasteiger partial charge in [-0.25, -0.2) is 4.39 Å². The fourth-order valence-electron chi connectivity index (χ4n) is 1.95. The quantitative estimate of drug-likeness (QED) is 0.613. The Balaban J connectivity index is 1.94. The Labute approximate surface area is 129 Å². The molecule has 0 radical (unpaired) electrons. The number of anilines is 3. The summed E-state index contributed by atoms with van der Waals surface area (Å²) in [5.74, 6) is 1.04. The molecule has 0 amide bonds. The van der Waals surface area contributed by atoms with Crippen LogP contribution in [0.1, 0.15) is 0 Å². The molecule has 3 rings (SSSR count). The number of hydrogen-bond acceptors (Lipinski definition) is 4. The molecule has 2 aromatic carbocycles. The summed E-state index contributed by atoms with van der Waals surface area (Å²) < 4.78 is 24.9. The van der Waals surface area contributed by atoms with Crippen LogP contribution in [0.25, 0.3) is 0 Å². The van der Waals surface area contributed by atoms with Crippen molar-refractivity contribution >= 4 is 39.7 Å². The van der Waals surface area contributed by atoms with Crippen LogP contribution in [0.2, 0.25) is 0 Å². The summed E-state index contributed by atoms with van der Waals surface area (Å²) >= 11 is 2.07. The van der Waals surface area contributed by atoms with Crippen LogP contribution < -0.4 is 20.5 Å². The van der Waals surface area contributed by atoms with Crippen LogP contribution in [0.3, 0.4) is 0 Å². The minimum absolute atomic E-state index is 0.268. The van der Waals surface area contributed by atoms with Gasteiger partial charge in [-0.2, -0.15) is 0 Å². The average molecular weight is 386 g/mol. The van der Waals surface area contributed by atoms with E-state index in [1.165, 1.54) is 12.1 Å². The number of hydrogen-bond donors (Lipinski definition) is 2. The van der Waals surface area contributed by atoms with Gasteiger partial charge in [-0.1, -0.05) is 0 Å². The Morgan fingerprint density at radius 1 is 1.05 bits per heavy atom. The molecular formula is C14H12FIN2O2. The first-order valence-corrected chi connectivity index (χ1v) is 7.12. The molecule has 20 heavy (non-hydrogen) atoms. The summed E-state index contributed by atoms with van der Waals surface area (Å²) in [6.07, 6.45) is 0. The van der Waals surface area contributed by atoms with E-state index >= 15 is 0 Å². The Bertz CT molecular complexity index is 664. The lowest BCUT2D eigenvalue weighted by Crippen LogP contribution is -2.15. The molecule has 1 aliphatic rings. The molecule has 3 N–H and O–H groups in total. The molecule has 0 fully saturated rings. The summed E-state index contributed by atoms with van der Waals surface area (Å²) in [4.78, 5) is 0. The molecular weight excluding hydrogens is 374 g/mol. The second-order valence-electron chi connectivity index (χ2n) is 4.33. The Morgan fingerprint density at radius 2 is 1.75 bits per heavy atom. The van der Waals surface area contributed by atoms with Gasteiger partial charge in [-0.15, -0.1) is 0 Å². The lowest BCUT2D eigenvalue weighted by Gasteiger charge is -2.20. The standard InChI is InChI=1S/C14H12FIN2O2/c15-8-1-2-11(9(16)5-8)18-12-7-14-13(6-10(12)17)19-3-4-20-14/h1-2,5-7,18H,3-4,17H2. The van der Waals surface area contributed by atoms with Gasteiger partial charge >= 0.3 is 0 Å². The SMILES string of the molecule is Nc1cc2c(cc1Nc1ccc(F)cc1I)OCCO2. The smallest absolute Gasteiger partial charge is 0.163 e. The number of fused-ring (bicyclic) bond motifs is 1. The van der Waals surface area contributed by atoms with E-state index < -0.39 is 0 Å². The number of nitrogen functional groups attached to an aromatic ring is 1. The highest BCUT2D eigenvalue weighted by Gasteiger charge is 2.15. The molecule has 1 aliphatic heterocycles. The van der Waals surface area contributed by atoms with Crippen LogP contribution >= 0.6 is 22.6 Å². The molecule has 0 spiro atoms. The van der Waals surface area contributed by atoms with E-state index in [0.29, 0.717) is 36.1 Å². The van der Waals surface area contributed by atoms with Crippen molar-refractivity contribution in [3.05, 3.63) is 39.7 Å². The molecule has 0 bridgehead atoms. The van der Waals surface area contributed by atoms with Crippen LogP contribution in [-0.2, 0) is 0 Å². The molecule has 0 saturated heterocycles. The van der Waals surface area contributed by atoms with Gasteiger partial charge in [0.15, 0.2) is 11.5 Å². The van der Waals surface area contributed by atoms with E-state index in [-0.39, 0.29) is 5.82 Å². The third-order valence-electron chi connectivity index (χ3n) is 2.91. The molecule has 4 nitrogen and oxygen atoms in total. The number of nitrogens with one attached hydrogen (secondary N) is 1. The molecule has 0 aliphatic carbocycles. The van der Waals surface area contributed by atoms with Crippen molar-refractivity contribution in [3.8, 4) is 11.5 Å². The average Bonchev–Trinajstić information content (AvgIpc) is 2.42. The van der Waals surface area contributed by atoms with Gasteiger partial charge in [-0.3, -0.25) is 0 Å². The zero-order chi connectivity index (χ0) is 14.1. The highest BCUT2D eigenvalue weighted by molar-refractivity contribution is 14.1. The zero-order valence-electron chi connectivity index (χ0n) is 10.5. The lowest BCUT2D eigenvalue weighted by atomic mass is 10.2. The lowest BCUT2D eigenvalue weighted by molar-refractivity contribution is 0.172. The monoisotopic (exact) mass is 386 g/mol. The first kappa shape index (κ1) is 13.3. The fourth-order valence-corrected chi connectivity index (χ4v) is 2.56. The summed E-state index contributed by atoms with van der Waals surface area (Å²) in [7, 11) is 0. The number of nitrogens with two attached hydrogens (primary N) is 1. The van der Waals surface area contributed by atoms with Crippen LogP contribution in [0, 0.1) is 9.39 Å². The van der Waals surface area contributed by atoms with Crippen molar-refractivity contribution in [2.75, 3.05) is 24.3 Å². The predicted molar refractivity (Wildman–Crippen MR) is 84.2 cm³/mol. The number of halogens is 2. The first-order valence-electron chi connectivity index (χ1n) is 6.04. The number of ether oxygens (including phenoxy) is 2. The van der Waals surface area contributed by atoms with Gasteiger partial charge in [0.1, 0.15) is 19.0 Å². The summed E-state index contributed by atoms with van der Waals surface area (Å²) in [5, 5.41) is 3.18. The predicted octanol–water partition coefficient (Wildman–Crippen LogP) is 3.53. The van der Waals surface area contributed by atoms with E-state index in [0.717, 1.165) is 9.26 Å². The summed E-state index contributed by atoms with van der Waals surface area (Å²) in [5.41, 5.74) is 8.04. The van der Waals surface area contributed by atoms with Gasteiger partial charge in [-0.05, 0) is 40.8 Å². The molecule has 1 heterocycles. The van der Waals surface area contributed by atoms with Gasteiger partial charge in [0.2, 0.25) is 0 Å². The summed E-state index contributed by atoms with van der Waals surface area (Å²) in [6.45, 7) is 1.04. The van der Waals surface area contributed by atoms with Crippen LogP contribution in [0.5, 0.6) is 11.5 Å². The van der Waals surface area contributed by atoms with E-state index in [1.807, 2.05) is 0 Å². The second kappa shape index (κ2) is 5.35. The van der Waals surface area contributed by atoms with Crippen molar-refractivity contribution in [2.45, 2.75) is 0 Å². The highest BCUT2D eigenvalue weighted by Crippen LogP contribution is 2.38. The highest BCUT2D eigenvalue weighted by atomic mass is 127. The van der Waals surface area contributed by atoms with Crippen LogP contribution in [-0.4, -0.2) is 13.2 Å². The first-order chi connectivity index (χ1) is 9.63. The van der Waals surface area contributed by atoms with Gasteiger partial charge in [0, 0.05) is 15.7 Å². The maximum Gasteiger partial charge on any atom is 0.163 e. The minimum Gasteiger partial charge on any atom is -0.486 e. The van der Waals surface area contributed by atoms with E-state index in [2.05, 4.69) is 27.9 Å². The third-order valence-corrected chi connectivity index (χ3v) is 3.81. The van der Waals surface area contributed by atoms with Crippen molar-refractivity contribution in [3.63, 3.8) is 0 Å². The van der Waals surface area contributed by atoms with E-state index in [9.17, 15) is 4.39 Å². The zero-order valence-corrected chi connectivity index (χ0v) is 12.6. The fraction of sp³-hybridized carbons (Fsp3) is 0.143. The molecule has 0 atom stereocenters. The maximum atomic E-state index is 13.1. The van der Waals surface area contributed by atoms with Crippen LogP contribution in [0.15, 0.2) is 30.3 Å². The normalized spacial score (nSPS) is 13.1. The van der Waals surface area contributed by atoms with Crippen molar-refractivity contribution in [1.29, 1.82) is 0 Å². The molecule has 6 heteroatoms. The van der Waals surface area contributed by atoms with Crippen LogP contribution in [0.4, 0.5) is 21.5 Å². The largest absolute Gasteiger partial charge is 0.486 e. The second-order valence-corrected chi connectivity index (χ2v) is 5.49. The van der Waals surface area contributed by atoms with E-state index in [4.69, 9.17) is 15.2 Å². The van der Waals surface area contributed by atoms with Gasteiger partial charge < -0.3 is 20.5 Å². The third kappa shape index (κ3) is 2.60. The van der Waals surface area contributed by atoms with Crippen molar-refractivity contribution in [1.82, 2.24) is 0 Å². The van der Waals surface area contributed by atoms with Gasteiger partial charge in [0.05, 0.1) is 17.1 Å². The van der Waals surface area contributed by atoms with E-state index in [1.54, 1.807) is 18.2 Å². The summed E-state index contributed by atoms with van der Waals surface area (Å²) in [6, 6.07) is 8.06. The van der Waals surface area contributed by atoms with Crippen molar-refractivity contribution in [2.24, 2.45) is 0 Å². The number of benzene rings is 2. The molecule has 0 unspecified atom stereocenters. The Kier molecular flexibility index (Phi) is 3.56. The Morgan fingerprint density at radius 3 is 2.45 bits per heavy atom. The molecule has 0 aromatic heterocycles. The van der Waals surface area contributed by atoms with Gasteiger partial charge in [0.25, 0.3) is 0 Å². The molecule has 0 saturated carbocycles. The minimum atomic E-state index is -0.268.